The van der Waals surface area contributed by atoms with Crippen LogP contribution in [0.25, 0.3) is 0 Å². The summed E-state index contributed by atoms with van der Waals surface area (Å²) in [5.41, 5.74) is -2.31. The molecule has 0 atom stereocenters. The third-order valence-electron chi connectivity index (χ3n) is 6.92. The zero-order valence-electron chi connectivity index (χ0n) is 23.1. The number of benzene rings is 1. The van der Waals surface area contributed by atoms with Gasteiger partial charge in [-0.15, -0.1) is 0 Å². The van der Waals surface area contributed by atoms with Crippen LogP contribution < -0.4 is 9.64 Å². The van der Waals surface area contributed by atoms with Gasteiger partial charge in [-0.25, -0.2) is 14.2 Å². The standard InChI is InChI=1S/C28H32F4N2O7/c1-16-5-7-18(8-6-16)26(36)34(19(14-38-2)15-39-3)23-11-22(29)24(10-20(23)27(37)40-4)41-25-21(28(30,31)32)9-17(13-35)12-33-25/h9-13,16,18-19H,5-8,14-15H2,1-4H3/t16-,18-. The largest absolute Gasteiger partial charge is 0.465 e. The van der Waals surface area contributed by atoms with Crippen LogP contribution in [-0.2, 0) is 25.2 Å². The van der Waals surface area contributed by atoms with E-state index < -0.39 is 47.1 Å². The van der Waals surface area contributed by atoms with Gasteiger partial charge in [0.1, 0.15) is 5.56 Å². The van der Waals surface area contributed by atoms with Gasteiger partial charge in [0.15, 0.2) is 17.9 Å². The quantitative estimate of drug-likeness (QED) is 0.195. The van der Waals surface area contributed by atoms with Gasteiger partial charge in [0.05, 0.1) is 37.6 Å². The lowest BCUT2D eigenvalue weighted by Crippen LogP contribution is -2.49. The molecule has 0 bridgehead atoms. The van der Waals surface area contributed by atoms with E-state index in [1.54, 1.807) is 0 Å². The molecular formula is C28H32F4N2O7. The van der Waals surface area contributed by atoms with E-state index in [2.05, 4.69) is 11.9 Å². The van der Waals surface area contributed by atoms with Gasteiger partial charge in [0.25, 0.3) is 0 Å². The molecule has 224 valence electrons. The number of pyridine rings is 1. The van der Waals surface area contributed by atoms with Crippen molar-refractivity contribution in [1.29, 1.82) is 0 Å². The van der Waals surface area contributed by atoms with Crippen LogP contribution in [0.4, 0.5) is 23.2 Å². The molecule has 1 aliphatic rings. The molecule has 1 aromatic heterocycles. The van der Waals surface area contributed by atoms with Crippen LogP contribution in [-0.4, -0.2) is 63.7 Å². The first-order valence-electron chi connectivity index (χ1n) is 12.9. The second kappa shape index (κ2) is 13.9. The molecule has 0 radical (unpaired) electrons. The summed E-state index contributed by atoms with van der Waals surface area (Å²) < 4.78 is 77.2. The molecule has 1 heterocycles. The van der Waals surface area contributed by atoms with Crippen LogP contribution in [0.15, 0.2) is 24.4 Å². The number of hydrogen-bond acceptors (Lipinski definition) is 8. The summed E-state index contributed by atoms with van der Waals surface area (Å²) >= 11 is 0. The summed E-state index contributed by atoms with van der Waals surface area (Å²) in [6.07, 6.45) is -1.19. The maximum absolute atomic E-state index is 15.6. The van der Waals surface area contributed by atoms with E-state index in [4.69, 9.17) is 18.9 Å². The molecule has 13 heteroatoms. The van der Waals surface area contributed by atoms with Crippen molar-refractivity contribution in [3.63, 3.8) is 0 Å². The Morgan fingerprint density at radius 2 is 1.71 bits per heavy atom. The highest BCUT2D eigenvalue weighted by Gasteiger charge is 2.38. The zero-order valence-corrected chi connectivity index (χ0v) is 23.1. The molecule has 9 nitrogen and oxygen atoms in total. The number of hydrogen-bond donors (Lipinski definition) is 0. The maximum Gasteiger partial charge on any atom is 0.421 e. The summed E-state index contributed by atoms with van der Waals surface area (Å²) in [6.45, 7) is 2.04. The Hall–Kier alpha value is -3.58. The molecule has 0 N–H and O–H groups in total. The molecule has 41 heavy (non-hydrogen) atoms. The Kier molecular flexibility index (Phi) is 10.8. The van der Waals surface area contributed by atoms with Crippen LogP contribution in [0, 0.1) is 17.7 Å². The molecule has 1 fully saturated rings. The first-order valence-corrected chi connectivity index (χ1v) is 12.9. The number of carbonyl (C=O) groups is 3. The smallest absolute Gasteiger partial charge is 0.421 e. The lowest BCUT2D eigenvalue weighted by Gasteiger charge is -2.36. The first-order chi connectivity index (χ1) is 19.4. The van der Waals surface area contributed by atoms with Crippen molar-refractivity contribution in [2.24, 2.45) is 11.8 Å². The van der Waals surface area contributed by atoms with Crippen molar-refractivity contribution >= 4 is 23.9 Å². The van der Waals surface area contributed by atoms with Crippen molar-refractivity contribution < 1.29 is 50.9 Å². The summed E-state index contributed by atoms with van der Waals surface area (Å²) in [5, 5.41) is 0. The summed E-state index contributed by atoms with van der Waals surface area (Å²) in [7, 11) is 3.88. The molecule has 2 aromatic rings. The number of ether oxygens (including phenoxy) is 4. The van der Waals surface area contributed by atoms with Gasteiger partial charge in [-0.2, -0.15) is 13.2 Å². The number of nitrogens with zero attached hydrogens (tertiary/aromatic N) is 2. The number of aldehydes is 1. The second-order valence-corrected chi connectivity index (χ2v) is 9.86. The van der Waals surface area contributed by atoms with Gasteiger partial charge >= 0.3 is 12.1 Å². The van der Waals surface area contributed by atoms with E-state index in [0.717, 1.165) is 38.3 Å². The van der Waals surface area contributed by atoms with E-state index in [1.807, 2.05) is 0 Å². The molecule has 1 aliphatic carbocycles. The number of amides is 1. The van der Waals surface area contributed by atoms with E-state index >= 15 is 4.39 Å². The Morgan fingerprint density at radius 1 is 1.07 bits per heavy atom. The number of anilines is 1. The molecule has 0 aliphatic heterocycles. The SMILES string of the molecule is COCC(COC)N(c1cc(F)c(Oc2ncc(C=O)cc2C(F)(F)F)cc1C(=O)OC)C(=O)[C@H]1CC[C@H](C)CC1. The maximum atomic E-state index is 15.6. The Balaban J connectivity index is 2.16. The lowest BCUT2D eigenvalue weighted by molar-refractivity contribution is -0.139. The molecule has 1 aromatic carbocycles. The molecule has 3 rings (SSSR count). The van der Waals surface area contributed by atoms with Crippen molar-refractivity contribution in [1.82, 2.24) is 4.98 Å². The lowest BCUT2D eigenvalue weighted by atomic mass is 9.82. The number of rotatable bonds is 11. The minimum absolute atomic E-state index is 0.0227. The third kappa shape index (κ3) is 7.59. The monoisotopic (exact) mass is 584 g/mol. The van der Waals surface area contributed by atoms with Crippen LogP contribution in [0.3, 0.4) is 0 Å². The Labute approximate surface area is 234 Å². The number of esters is 1. The van der Waals surface area contributed by atoms with Gasteiger partial charge in [0.2, 0.25) is 11.8 Å². The Morgan fingerprint density at radius 3 is 2.24 bits per heavy atom. The van der Waals surface area contributed by atoms with Gasteiger partial charge in [-0.05, 0) is 37.7 Å². The Bertz CT molecular complexity index is 1240. The van der Waals surface area contributed by atoms with Gasteiger partial charge in [-0.1, -0.05) is 6.92 Å². The minimum atomic E-state index is -4.99. The number of aromatic nitrogens is 1. The summed E-state index contributed by atoms with van der Waals surface area (Å²) in [4.78, 5) is 42.6. The van der Waals surface area contributed by atoms with Gasteiger partial charge < -0.3 is 23.8 Å². The number of halogens is 4. The molecule has 1 saturated carbocycles. The normalized spacial score (nSPS) is 17.3. The van der Waals surface area contributed by atoms with Crippen molar-refractivity contribution in [2.45, 2.75) is 44.8 Å². The summed E-state index contributed by atoms with van der Waals surface area (Å²) in [6, 6.07) is 1.41. The molecule has 0 unspecified atom stereocenters. The third-order valence-corrected chi connectivity index (χ3v) is 6.92. The van der Waals surface area contributed by atoms with Crippen LogP contribution in [0.1, 0.15) is 58.9 Å². The van der Waals surface area contributed by atoms with Crippen LogP contribution in [0.2, 0.25) is 0 Å². The van der Waals surface area contributed by atoms with E-state index in [-0.39, 0.29) is 42.2 Å². The van der Waals surface area contributed by atoms with Gasteiger partial charge in [0, 0.05) is 44.0 Å². The fourth-order valence-corrected chi connectivity index (χ4v) is 4.80. The highest BCUT2D eigenvalue weighted by Crippen LogP contribution is 2.40. The van der Waals surface area contributed by atoms with E-state index in [1.165, 1.54) is 19.1 Å². The summed E-state index contributed by atoms with van der Waals surface area (Å²) in [5.74, 6) is -4.33. The van der Waals surface area contributed by atoms with Crippen molar-refractivity contribution in [3.05, 3.63) is 46.9 Å². The average Bonchev–Trinajstić information content (AvgIpc) is 2.94. The second-order valence-electron chi connectivity index (χ2n) is 9.86. The predicted octanol–water partition coefficient (Wildman–Crippen LogP) is 5.45. The number of methoxy groups -OCH3 is 3. The fraction of sp³-hybridized carbons (Fsp3) is 0.500. The highest BCUT2D eigenvalue weighted by atomic mass is 19.4. The van der Waals surface area contributed by atoms with Crippen molar-refractivity contribution in [3.8, 4) is 11.6 Å². The van der Waals surface area contributed by atoms with E-state index in [0.29, 0.717) is 24.8 Å². The first kappa shape index (κ1) is 31.9. The number of alkyl halides is 3. The average molecular weight is 585 g/mol. The zero-order chi connectivity index (χ0) is 30.3. The van der Waals surface area contributed by atoms with Crippen LogP contribution >= 0.6 is 0 Å². The minimum Gasteiger partial charge on any atom is -0.465 e. The molecule has 0 spiro atoms. The molecule has 1 amide bonds. The van der Waals surface area contributed by atoms with Gasteiger partial charge in [-0.3, -0.25) is 9.59 Å². The highest BCUT2D eigenvalue weighted by molar-refractivity contribution is 6.04. The van der Waals surface area contributed by atoms with Crippen LogP contribution in [0.5, 0.6) is 11.6 Å². The molecular weight excluding hydrogens is 552 g/mol. The number of carbonyl (C=O) groups excluding carboxylic acids is 3. The topological polar surface area (TPSA) is 104 Å². The van der Waals surface area contributed by atoms with Crippen molar-refractivity contribution in [2.75, 3.05) is 39.4 Å². The predicted molar refractivity (Wildman–Crippen MR) is 139 cm³/mol. The molecule has 0 saturated heterocycles. The van der Waals surface area contributed by atoms with E-state index in [9.17, 15) is 27.6 Å². The fourth-order valence-electron chi connectivity index (χ4n) is 4.80.